The van der Waals surface area contributed by atoms with Crippen LogP contribution < -0.4 is 9.47 Å². The molecule has 1 N–H and O–H groups in total. The number of rotatable bonds is 17. The number of aromatic nitrogens is 6. The van der Waals surface area contributed by atoms with Crippen molar-refractivity contribution < 1.29 is 19.3 Å². The minimum absolute atomic E-state index is 0.105. The Morgan fingerprint density at radius 2 is 0.901 bits per heavy atom. The van der Waals surface area contributed by atoms with Gasteiger partial charge in [0.25, 0.3) is 0 Å². The molecule has 11 nitrogen and oxygen atoms in total. The van der Waals surface area contributed by atoms with Gasteiger partial charge in [-0.3, -0.25) is 14.9 Å². The quantitative estimate of drug-likeness (QED) is 0.0937. The number of aliphatic hydroxyl groups excluding tert-OH is 1. The number of ether oxygens (including phenoxy) is 3. The fourth-order valence-corrected chi connectivity index (χ4v) is 8.90. The normalized spacial score (nSPS) is 14.5. The summed E-state index contributed by atoms with van der Waals surface area (Å²) in [5, 5.41) is 26.5. The molecule has 1 aliphatic heterocycles. The van der Waals surface area contributed by atoms with Gasteiger partial charge in [0, 0.05) is 54.0 Å². The van der Waals surface area contributed by atoms with Crippen molar-refractivity contribution in [2.75, 3.05) is 26.3 Å². The molecular formula is C60H65N7O4. The SMILES string of the molecule is CC(C)C(C)(c1ccc(OCc2ccccn2)cc1)c1ccc(-c2ccc(CN3CCOCC3)nn2)cc1.CC(C)C(C)(c1ccc(OCc2ccccn2)cc1)c1ccc(-c2ccc(CO)nn2)cc1. The fourth-order valence-electron chi connectivity index (χ4n) is 8.90. The Bertz CT molecular complexity index is 2840. The first-order valence-corrected chi connectivity index (χ1v) is 24.6. The number of aliphatic hydroxyl groups is 1. The largest absolute Gasteiger partial charge is 0.487 e. The molecule has 4 aromatic carbocycles. The highest BCUT2D eigenvalue weighted by Crippen LogP contribution is 2.41. The zero-order chi connectivity index (χ0) is 49.6. The topological polar surface area (TPSA) is 128 Å². The summed E-state index contributed by atoms with van der Waals surface area (Å²) in [7, 11) is 0. The average molecular weight is 948 g/mol. The van der Waals surface area contributed by atoms with Crippen molar-refractivity contribution in [2.24, 2.45) is 11.8 Å². The first kappa shape index (κ1) is 50.2. The summed E-state index contributed by atoms with van der Waals surface area (Å²) in [6, 6.07) is 53.7. The van der Waals surface area contributed by atoms with Crippen LogP contribution in [0.4, 0.5) is 0 Å². The van der Waals surface area contributed by atoms with Crippen LogP contribution in [0.1, 0.15) is 86.6 Å². The summed E-state index contributed by atoms with van der Waals surface area (Å²) in [4.78, 5) is 11.0. The molecule has 4 aromatic heterocycles. The highest BCUT2D eigenvalue weighted by atomic mass is 16.5. The number of benzene rings is 4. The molecular weight excluding hydrogens is 883 g/mol. The molecule has 0 amide bonds. The van der Waals surface area contributed by atoms with Gasteiger partial charge in [-0.2, -0.15) is 20.4 Å². The van der Waals surface area contributed by atoms with Gasteiger partial charge in [-0.15, -0.1) is 0 Å². The predicted octanol–water partition coefficient (Wildman–Crippen LogP) is 11.5. The molecule has 11 heteroatoms. The summed E-state index contributed by atoms with van der Waals surface area (Å²) >= 11 is 0. The molecule has 0 bridgehead atoms. The van der Waals surface area contributed by atoms with Gasteiger partial charge in [0.2, 0.25) is 0 Å². The zero-order valence-corrected chi connectivity index (χ0v) is 41.8. The maximum atomic E-state index is 9.17. The van der Waals surface area contributed by atoms with Gasteiger partial charge in [0.1, 0.15) is 24.7 Å². The summed E-state index contributed by atoms with van der Waals surface area (Å²) in [5.41, 5.74) is 11.8. The van der Waals surface area contributed by atoms with Crippen molar-refractivity contribution in [3.05, 3.63) is 215 Å². The predicted molar refractivity (Wildman–Crippen MR) is 280 cm³/mol. The highest BCUT2D eigenvalue weighted by Gasteiger charge is 2.34. The Morgan fingerprint density at radius 3 is 1.25 bits per heavy atom. The van der Waals surface area contributed by atoms with Crippen molar-refractivity contribution >= 4 is 0 Å². The monoisotopic (exact) mass is 948 g/mol. The smallest absolute Gasteiger partial charge is 0.130 e. The molecule has 0 radical (unpaired) electrons. The van der Waals surface area contributed by atoms with Crippen molar-refractivity contribution in [3.8, 4) is 34.0 Å². The summed E-state index contributed by atoms with van der Waals surface area (Å²) in [6.45, 7) is 18.7. The molecule has 0 spiro atoms. The second kappa shape index (κ2) is 23.6. The highest BCUT2D eigenvalue weighted by molar-refractivity contribution is 5.61. The third-order valence-electron chi connectivity index (χ3n) is 14.1. The zero-order valence-electron chi connectivity index (χ0n) is 41.8. The van der Waals surface area contributed by atoms with Crippen molar-refractivity contribution in [1.82, 2.24) is 35.3 Å². The number of nitrogens with zero attached hydrogens (tertiary/aromatic N) is 7. The summed E-state index contributed by atoms with van der Waals surface area (Å²) in [6.07, 6.45) is 3.56. The van der Waals surface area contributed by atoms with Crippen LogP contribution in [0.5, 0.6) is 11.5 Å². The van der Waals surface area contributed by atoms with E-state index < -0.39 is 0 Å². The Kier molecular flexibility index (Phi) is 16.7. The van der Waals surface area contributed by atoms with Gasteiger partial charge in [0.15, 0.2) is 0 Å². The van der Waals surface area contributed by atoms with Crippen LogP contribution in [0.25, 0.3) is 22.5 Å². The molecule has 0 aliphatic carbocycles. The first-order valence-electron chi connectivity index (χ1n) is 24.6. The lowest BCUT2D eigenvalue weighted by atomic mass is 9.68. The summed E-state index contributed by atoms with van der Waals surface area (Å²) < 4.78 is 17.3. The number of hydrogen-bond acceptors (Lipinski definition) is 11. The minimum atomic E-state index is -0.162. The lowest BCUT2D eigenvalue weighted by Gasteiger charge is -2.35. The molecule has 1 saturated heterocycles. The van der Waals surface area contributed by atoms with Gasteiger partial charge < -0.3 is 19.3 Å². The van der Waals surface area contributed by atoms with Crippen LogP contribution in [0, 0.1) is 11.8 Å². The number of pyridine rings is 2. The maximum absolute atomic E-state index is 9.17. The fraction of sp³-hybridized carbons (Fsp3) is 0.300. The second-order valence-electron chi connectivity index (χ2n) is 19.0. The lowest BCUT2D eigenvalue weighted by molar-refractivity contribution is 0.0335. The average Bonchev–Trinajstić information content (AvgIpc) is 3.43. The van der Waals surface area contributed by atoms with Crippen molar-refractivity contribution in [2.45, 2.75) is 78.7 Å². The van der Waals surface area contributed by atoms with E-state index in [0.29, 0.717) is 30.7 Å². The van der Waals surface area contributed by atoms with Crippen LogP contribution in [-0.2, 0) is 41.9 Å². The maximum Gasteiger partial charge on any atom is 0.130 e. The van der Waals surface area contributed by atoms with E-state index in [4.69, 9.17) is 14.2 Å². The van der Waals surface area contributed by atoms with Crippen LogP contribution >= 0.6 is 0 Å². The van der Waals surface area contributed by atoms with Crippen LogP contribution in [0.2, 0.25) is 0 Å². The van der Waals surface area contributed by atoms with E-state index in [0.717, 1.165) is 83.9 Å². The van der Waals surface area contributed by atoms with Gasteiger partial charge in [-0.1, -0.05) is 126 Å². The molecule has 9 rings (SSSR count). The third kappa shape index (κ3) is 12.4. The minimum Gasteiger partial charge on any atom is -0.487 e. The lowest BCUT2D eigenvalue weighted by Crippen LogP contribution is -2.35. The van der Waals surface area contributed by atoms with E-state index in [1.165, 1.54) is 22.3 Å². The standard InChI is InChI=1S/C32H36N4O2.C28H29N3O2/c1-24(2)32(3,27-11-14-30(15-12-27)38-23-29-6-4-5-17-33-29)26-9-7-25(8-10-26)31-16-13-28(34-35-31)22-36-18-20-37-21-19-36;1-20(2)28(3,22-9-7-21(8-10-22)27-16-13-24(18-32)30-31-27)23-11-14-26(15-12-23)33-19-25-6-4-5-17-29-25/h4-17,24H,18-23H2,1-3H3;4-17,20,32H,18-19H2,1-3H3. The van der Waals surface area contributed by atoms with Gasteiger partial charge in [-0.25, -0.2) is 0 Å². The second-order valence-corrected chi connectivity index (χ2v) is 19.0. The van der Waals surface area contributed by atoms with E-state index in [1.807, 2.05) is 54.6 Å². The van der Waals surface area contributed by atoms with Crippen LogP contribution in [0.15, 0.2) is 170 Å². The molecule has 364 valence electrons. The van der Waals surface area contributed by atoms with Gasteiger partial charge >= 0.3 is 0 Å². The van der Waals surface area contributed by atoms with Crippen LogP contribution in [0.3, 0.4) is 0 Å². The van der Waals surface area contributed by atoms with E-state index in [2.05, 4.69) is 174 Å². The Morgan fingerprint density at radius 1 is 0.493 bits per heavy atom. The number of morpholine rings is 1. The van der Waals surface area contributed by atoms with Crippen molar-refractivity contribution in [3.63, 3.8) is 0 Å². The molecule has 2 unspecified atom stereocenters. The molecule has 8 aromatic rings. The Balaban J connectivity index is 0.000000192. The molecule has 1 aliphatic rings. The number of hydrogen-bond donors (Lipinski definition) is 1. The van der Waals surface area contributed by atoms with Crippen molar-refractivity contribution in [1.29, 1.82) is 0 Å². The molecule has 2 atom stereocenters. The molecule has 71 heavy (non-hydrogen) atoms. The van der Waals surface area contributed by atoms with E-state index >= 15 is 0 Å². The Labute approximate surface area is 419 Å². The van der Waals surface area contributed by atoms with Crippen LogP contribution in [-0.4, -0.2) is 66.7 Å². The third-order valence-corrected chi connectivity index (χ3v) is 14.1. The van der Waals surface area contributed by atoms with E-state index in [1.54, 1.807) is 18.5 Å². The van der Waals surface area contributed by atoms with E-state index in [9.17, 15) is 5.11 Å². The Hall–Kier alpha value is -7.18. The van der Waals surface area contributed by atoms with E-state index in [-0.39, 0.29) is 17.4 Å². The van der Waals surface area contributed by atoms with Gasteiger partial charge in [0.05, 0.1) is 54.0 Å². The molecule has 1 fully saturated rings. The first-order chi connectivity index (χ1) is 34.5. The van der Waals surface area contributed by atoms with Gasteiger partial charge in [-0.05, 0) is 107 Å². The summed E-state index contributed by atoms with van der Waals surface area (Å²) in [5.74, 6) is 2.45. The molecule has 5 heterocycles. The molecule has 0 saturated carbocycles.